The molecule has 1 N–H and O–H groups in total. The molecule has 0 saturated heterocycles. The Morgan fingerprint density at radius 1 is 1.00 bits per heavy atom. The molecule has 2 aromatic heterocycles. The van der Waals surface area contributed by atoms with Crippen molar-refractivity contribution >= 4 is 27.2 Å². The Morgan fingerprint density at radius 2 is 1.83 bits per heavy atom. The van der Waals surface area contributed by atoms with Crippen LogP contribution in [0.25, 0.3) is 21.3 Å². The summed E-state index contributed by atoms with van der Waals surface area (Å²) in [5.41, 5.74) is 7.13. The second kappa shape index (κ2) is 9.16. The van der Waals surface area contributed by atoms with Crippen LogP contribution in [0.3, 0.4) is 0 Å². The fraction of sp³-hybridized carbons (Fsp3) is 0.200. The van der Waals surface area contributed by atoms with Crippen molar-refractivity contribution in [3.8, 4) is 11.1 Å². The van der Waals surface area contributed by atoms with Gasteiger partial charge in [0.1, 0.15) is 4.83 Å². The number of anilines is 1. The molecule has 0 spiro atoms. The average molecular weight is 478 g/mol. The highest BCUT2D eigenvalue weighted by atomic mass is 32.1. The van der Waals surface area contributed by atoms with Crippen molar-refractivity contribution in [1.82, 2.24) is 9.55 Å². The summed E-state index contributed by atoms with van der Waals surface area (Å²) < 4.78 is 1.76. The Labute approximate surface area is 208 Å². The van der Waals surface area contributed by atoms with E-state index in [1.54, 1.807) is 22.2 Å². The van der Waals surface area contributed by atoms with Gasteiger partial charge in [0.15, 0.2) is 0 Å². The van der Waals surface area contributed by atoms with Gasteiger partial charge in [-0.2, -0.15) is 0 Å². The molecule has 3 aromatic carbocycles. The molecule has 1 unspecified atom stereocenters. The third-order valence-corrected chi connectivity index (χ3v) is 7.97. The van der Waals surface area contributed by atoms with Crippen molar-refractivity contribution in [2.45, 2.75) is 38.8 Å². The van der Waals surface area contributed by atoms with E-state index >= 15 is 0 Å². The fourth-order valence-electron chi connectivity index (χ4n) is 5.08. The van der Waals surface area contributed by atoms with Crippen molar-refractivity contribution in [3.05, 3.63) is 117 Å². The smallest absolute Gasteiger partial charge is 0.262 e. The molecule has 6 rings (SSSR count). The van der Waals surface area contributed by atoms with Crippen LogP contribution in [0, 0.1) is 6.92 Å². The second-order valence-electron chi connectivity index (χ2n) is 9.38. The molecule has 1 atom stereocenters. The van der Waals surface area contributed by atoms with E-state index in [1.807, 2.05) is 18.2 Å². The number of benzene rings is 3. The van der Waals surface area contributed by atoms with E-state index in [1.165, 1.54) is 21.6 Å². The topological polar surface area (TPSA) is 46.9 Å². The van der Waals surface area contributed by atoms with Gasteiger partial charge in [-0.15, -0.1) is 11.3 Å². The largest absolute Gasteiger partial charge is 0.382 e. The fourth-order valence-corrected chi connectivity index (χ4v) is 6.34. The average Bonchev–Trinajstić information content (AvgIpc) is 3.25. The van der Waals surface area contributed by atoms with Crippen LogP contribution < -0.4 is 10.9 Å². The number of hydrogen-bond donors (Lipinski definition) is 1. The number of aromatic nitrogens is 2. The predicted octanol–water partition coefficient (Wildman–Crippen LogP) is 6.45. The van der Waals surface area contributed by atoms with E-state index in [9.17, 15) is 4.79 Å². The Kier molecular flexibility index (Phi) is 5.71. The van der Waals surface area contributed by atoms with E-state index in [0.29, 0.717) is 12.6 Å². The molecule has 0 fully saturated rings. The zero-order chi connectivity index (χ0) is 23.8. The molecule has 0 saturated carbocycles. The summed E-state index contributed by atoms with van der Waals surface area (Å²) in [6.07, 6.45) is 4.57. The van der Waals surface area contributed by atoms with Crippen molar-refractivity contribution < 1.29 is 0 Å². The summed E-state index contributed by atoms with van der Waals surface area (Å²) in [4.78, 5) is 20.4. The number of thiophene rings is 1. The minimum Gasteiger partial charge on any atom is -0.382 e. The van der Waals surface area contributed by atoms with Gasteiger partial charge in [0, 0.05) is 23.0 Å². The Bertz CT molecular complexity index is 1570. The highest BCUT2D eigenvalue weighted by Gasteiger charge is 2.25. The number of fused-ring (bicyclic) bond motifs is 3. The van der Waals surface area contributed by atoms with Gasteiger partial charge in [-0.25, -0.2) is 4.98 Å². The van der Waals surface area contributed by atoms with Gasteiger partial charge in [0.2, 0.25) is 0 Å². The molecule has 174 valence electrons. The van der Waals surface area contributed by atoms with Crippen LogP contribution in [0.15, 0.2) is 90.0 Å². The Balaban J connectivity index is 1.27. The third-order valence-electron chi connectivity index (χ3n) is 6.81. The van der Waals surface area contributed by atoms with E-state index in [4.69, 9.17) is 4.98 Å². The quantitative estimate of drug-likeness (QED) is 0.316. The standard InChI is InChI=1S/C30H27N3OS/c1-20-7-5-12-24(15-20)32-25-13-14-26-27(17-25)35-29-28(26)30(34)33(19-31-29)18-21-8-6-11-23(16-21)22-9-3-2-4-10-22/h2-12,15-16,19,25,32H,13-14,17-18H2,1H3. The van der Waals surface area contributed by atoms with E-state index in [-0.39, 0.29) is 5.56 Å². The first-order chi connectivity index (χ1) is 17.1. The van der Waals surface area contributed by atoms with Crippen LogP contribution in [0.4, 0.5) is 5.69 Å². The first-order valence-electron chi connectivity index (χ1n) is 12.1. The van der Waals surface area contributed by atoms with Gasteiger partial charge in [0.25, 0.3) is 5.56 Å². The van der Waals surface area contributed by atoms with Crippen LogP contribution >= 0.6 is 11.3 Å². The molecule has 1 aliphatic carbocycles. The number of nitrogens with zero attached hydrogens (tertiary/aromatic N) is 2. The van der Waals surface area contributed by atoms with Crippen LogP contribution in [-0.4, -0.2) is 15.6 Å². The highest BCUT2D eigenvalue weighted by Crippen LogP contribution is 2.34. The van der Waals surface area contributed by atoms with Crippen molar-refractivity contribution in [3.63, 3.8) is 0 Å². The first-order valence-corrected chi connectivity index (χ1v) is 12.9. The maximum absolute atomic E-state index is 13.5. The molecule has 2 heterocycles. The minimum atomic E-state index is 0.0720. The highest BCUT2D eigenvalue weighted by molar-refractivity contribution is 7.18. The normalized spacial score (nSPS) is 15.2. The number of hydrogen-bond acceptors (Lipinski definition) is 4. The van der Waals surface area contributed by atoms with Gasteiger partial charge in [-0.3, -0.25) is 9.36 Å². The molecule has 5 aromatic rings. The van der Waals surface area contributed by atoms with Gasteiger partial charge >= 0.3 is 0 Å². The Morgan fingerprint density at radius 3 is 2.69 bits per heavy atom. The van der Waals surface area contributed by atoms with Crippen molar-refractivity contribution in [1.29, 1.82) is 0 Å². The monoisotopic (exact) mass is 477 g/mol. The molecule has 1 aliphatic rings. The predicted molar refractivity (Wildman–Crippen MR) is 145 cm³/mol. The van der Waals surface area contributed by atoms with Crippen molar-refractivity contribution in [2.24, 2.45) is 0 Å². The SMILES string of the molecule is Cc1cccc(NC2CCc3c(sc4ncn(Cc5cccc(-c6ccccc6)c5)c(=O)c34)C2)c1. The van der Waals surface area contributed by atoms with Gasteiger partial charge in [-0.1, -0.05) is 60.7 Å². The van der Waals surface area contributed by atoms with Crippen molar-refractivity contribution in [2.75, 3.05) is 5.32 Å². The molecule has 0 bridgehead atoms. The van der Waals surface area contributed by atoms with Crippen LogP contribution in [0.1, 0.15) is 28.0 Å². The van der Waals surface area contributed by atoms with E-state index in [2.05, 4.69) is 72.9 Å². The zero-order valence-electron chi connectivity index (χ0n) is 19.7. The third kappa shape index (κ3) is 4.40. The van der Waals surface area contributed by atoms with E-state index in [0.717, 1.165) is 46.3 Å². The lowest BCUT2D eigenvalue weighted by molar-refractivity contribution is 0.621. The summed E-state index contributed by atoms with van der Waals surface area (Å²) in [5.74, 6) is 0. The molecule has 0 aliphatic heterocycles. The minimum absolute atomic E-state index is 0.0720. The summed E-state index contributed by atoms with van der Waals surface area (Å²) in [7, 11) is 0. The molecule has 4 nitrogen and oxygen atoms in total. The molecule has 5 heteroatoms. The molecule has 0 radical (unpaired) electrons. The molecular weight excluding hydrogens is 450 g/mol. The van der Waals surface area contributed by atoms with E-state index < -0.39 is 0 Å². The summed E-state index contributed by atoms with van der Waals surface area (Å²) in [6.45, 7) is 2.63. The first kappa shape index (κ1) is 21.8. The van der Waals surface area contributed by atoms with Crippen LogP contribution in [0.2, 0.25) is 0 Å². The second-order valence-corrected chi connectivity index (χ2v) is 10.5. The van der Waals surface area contributed by atoms with Crippen LogP contribution in [-0.2, 0) is 19.4 Å². The summed E-state index contributed by atoms with van der Waals surface area (Å²) in [6, 6.07) is 27.6. The van der Waals surface area contributed by atoms with Gasteiger partial charge in [0.05, 0.1) is 18.3 Å². The maximum Gasteiger partial charge on any atom is 0.262 e. The van der Waals surface area contributed by atoms with Crippen LogP contribution in [0.5, 0.6) is 0 Å². The number of nitrogens with one attached hydrogen (secondary N) is 1. The number of aryl methyl sites for hydroxylation is 2. The molecule has 0 amide bonds. The lowest BCUT2D eigenvalue weighted by Crippen LogP contribution is -2.27. The van der Waals surface area contributed by atoms with Gasteiger partial charge in [-0.05, 0) is 65.8 Å². The summed E-state index contributed by atoms with van der Waals surface area (Å²) in [5, 5.41) is 4.51. The summed E-state index contributed by atoms with van der Waals surface area (Å²) >= 11 is 1.68. The van der Waals surface area contributed by atoms with Gasteiger partial charge < -0.3 is 5.32 Å². The number of rotatable bonds is 5. The lowest BCUT2D eigenvalue weighted by Gasteiger charge is -2.24. The molecular formula is C30H27N3OS. The Hall–Kier alpha value is -3.70. The zero-order valence-corrected chi connectivity index (χ0v) is 20.5. The lowest BCUT2D eigenvalue weighted by atomic mass is 9.93. The molecule has 35 heavy (non-hydrogen) atoms. The maximum atomic E-state index is 13.5.